The molecule has 0 aromatic carbocycles. The number of aromatic nitrogens is 2. The van der Waals surface area contributed by atoms with Crippen molar-refractivity contribution in [3.8, 4) is 0 Å². The van der Waals surface area contributed by atoms with Gasteiger partial charge in [-0.2, -0.15) is 8.78 Å². The number of rotatable bonds is 4. The van der Waals surface area contributed by atoms with E-state index in [1.165, 1.54) is 18.6 Å². The number of aliphatic carboxylic acids is 1. The number of carboxylic acids is 1. The Morgan fingerprint density at radius 3 is 2.79 bits per heavy atom. The summed E-state index contributed by atoms with van der Waals surface area (Å²) < 4.78 is 25.0. The van der Waals surface area contributed by atoms with Gasteiger partial charge in [-0.1, -0.05) is 0 Å². The van der Waals surface area contributed by atoms with Gasteiger partial charge in [-0.25, -0.2) is 9.78 Å². The standard InChI is InChI=1S/C7H7F2N3O2/c8-7(9,6(13)14)4-12-5-3-10-1-2-11-5/h1-3H,4H2,(H,11,12)(H,13,14). The molecule has 0 amide bonds. The van der Waals surface area contributed by atoms with E-state index in [1.54, 1.807) is 0 Å². The molecule has 1 heterocycles. The van der Waals surface area contributed by atoms with Gasteiger partial charge >= 0.3 is 11.9 Å². The average molecular weight is 203 g/mol. The minimum absolute atomic E-state index is 0.105. The van der Waals surface area contributed by atoms with Crippen LogP contribution in [0.4, 0.5) is 14.6 Å². The number of halogens is 2. The zero-order valence-electron chi connectivity index (χ0n) is 6.94. The number of hydrogen-bond acceptors (Lipinski definition) is 4. The van der Waals surface area contributed by atoms with Gasteiger partial charge in [0.1, 0.15) is 5.82 Å². The van der Waals surface area contributed by atoms with Crippen molar-refractivity contribution in [2.24, 2.45) is 0 Å². The van der Waals surface area contributed by atoms with Crippen molar-refractivity contribution in [2.45, 2.75) is 5.92 Å². The molecule has 0 saturated heterocycles. The summed E-state index contributed by atoms with van der Waals surface area (Å²) in [5.41, 5.74) is 0. The number of hydrogen-bond donors (Lipinski definition) is 2. The predicted octanol–water partition coefficient (Wildman–Crippen LogP) is 0.608. The molecule has 2 N–H and O–H groups in total. The number of carbonyl (C=O) groups is 1. The maximum Gasteiger partial charge on any atom is 0.376 e. The zero-order chi connectivity index (χ0) is 10.6. The van der Waals surface area contributed by atoms with E-state index < -0.39 is 18.4 Å². The van der Waals surface area contributed by atoms with Crippen LogP contribution in [0.15, 0.2) is 18.6 Å². The number of alkyl halides is 2. The molecule has 7 heteroatoms. The summed E-state index contributed by atoms with van der Waals surface area (Å²) in [7, 11) is 0. The van der Waals surface area contributed by atoms with Gasteiger partial charge in [-0.15, -0.1) is 0 Å². The molecule has 0 spiro atoms. The van der Waals surface area contributed by atoms with Gasteiger partial charge < -0.3 is 10.4 Å². The molecule has 0 fully saturated rings. The highest BCUT2D eigenvalue weighted by Crippen LogP contribution is 2.13. The lowest BCUT2D eigenvalue weighted by Gasteiger charge is -2.11. The van der Waals surface area contributed by atoms with Crippen molar-refractivity contribution in [3.63, 3.8) is 0 Å². The van der Waals surface area contributed by atoms with E-state index in [0.29, 0.717) is 0 Å². The number of nitrogens with one attached hydrogen (secondary N) is 1. The van der Waals surface area contributed by atoms with Crippen LogP contribution in [0.2, 0.25) is 0 Å². The van der Waals surface area contributed by atoms with Crippen molar-refractivity contribution in [1.82, 2.24) is 9.97 Å². The lowest BCUT2D eigenvalue weighted by Crippen LogP contribution is -2.36. The van der Waals surface area contributed by atoms with Gasteiger partial charge in [0.2, 0.25) is 0 Å². The maximum absolute atomic E-state index is 12.5. The van der Waals surface area contributed by atoms with Crippen LogP contribution in [0.5, 0.6) is 0 Å². The van der Waals surface area contributed by atoms with E-state index in [0.717, 1.165) is 0 Å². The Hall–Kier alpha value is -1.79. The Balaban J connectivity index is 2.53. The van der Waals surface area contributed by atoms with E-state index in [2.05, 4.69) is 15.3 Å². The second kappa shape index (κ2) is 3.95. The molecule has 1 aromatic rings. The average Bonchev–Trinajstić information content (AvgIpc) is 2.16. The van der Waals surface area contributed by atoms with Crippen molar-refractivity contribution < 1.29 is 18.7 Å². The van der Waals surface area contributed by atoms with Gasteiger partial charge in [0, 0.05) is 12.4 Å². The topological polar surface area (TPSA) is 75.1 Å². The van der Waals surface area contributed by atoms with Crippen molar-refractivity contribution >= 4 is 11.8 Å². The molecule has 14 heavy (non-hydrogen) atoms. The van der Waals surface area contributed by atoms with Crippen molar-refractivity contribution in [2.75, 3.05) is 11.9 Å². The molecule has 0 bridgehead atoms. The van der Waals surface area contributed by atoms with Crippen LogP contribution in [0, 0.1) is 0 Å². The van der Waals surface area contributed by atoms with Crippen molar-refractivity contribution in [3.05, 3.63) is 18.6 Å². The van der Waals surface area contributed by atoms with E-state index in [-0.39, 0.29) is 5.82 Å². The molecule has 0 aliphatic carbocycles. The van der Waals surface area contributed by atoms with Gasteiger partial charge in [-0.3, -0.25) is 4.98 Å². The van der Waals surface area contributed by atoms with Crippen LogP contribution in [0.3, 0.4) is 0 Å². The summed E-state index contributed by atoms with van der Waals surface area (Å²) in [6, 6.07) is 0. The molecular weight excluding hydrogens is 196 g/mol. The predicted molar refractivity (Wildman–Crippen MR) is 43.1 cm³/mol. The summed E-state index contributed by atoms with van der Waals surface area (Å²) in [5, 5.41) is 10.3. The van der Waals surface area contributed by atoms with Crippen LogP contribution in [-0.2, 0) is 4.79 Å². The summed E-state index contributed by atoms with van der Waals surface area (Å²) in [6.45, 7) is -1.01. The fourth-order valence-corrected chi connectivity index (χ4v) is 0.668. The minimum Gasteiger partial charge on any atom is -0.477 e. The highest BCUT2D eigenvalue weighted by atomic mass is 19.3. The summed E-state index contributed by atoms with van der Waals surface area (Å²) in [4.78, 5) is 17.3. The first-order valence-electron chi connectivity index (χ1n) is 3.63. The molecule has 0 unspecified atom stereocenters. The first-order chi connectivity index (χ1) is 6.52. The maximum atomic E-state index is 12.5. The van der Waals surface area contributed by atoms with Crippen LogP contribution in [-0.4, -0.2) is 33.5 Å². The van der Waals surface area contributed by atoms with Crippen LogP contribution < -0.4 is 5.32 Å². The fourth-order valence-electron chi connectivity index (χ4n) is 0.668. The molecular formula is C7H7F2N3O2. The Morgan fingerprint density at radius 2 is 2.29 bits per heavy atom. The lowest BCUT2D eigenvalue weighted by molar-refractivity contribution is -0.162. The number of carboxylic acid groups (broad SMARTS) is 1. The molecule has 0 aliphatic rings. The summed E-state index contributed by atoms with van der Waals surface area (Å²) in [6.07, 6.45) is 3.90. The third kappa shape index (κ3) is 2.61. The Bertz CT molecular complexity index is 318. The largest absolute Gasteiger partial charge is 0.477 e. The van der Waals surface area contributed by atoms with E-state index >= 15 is 0 Å². The van der Waals surface area contributed by atoms with Crippen LogP contribution in [0.1, 0.15) is 0 Å². The van der Waals surface area contributed by atoms with E-state index in [1.807, 2.05) is 0 Å². The third-order valence-corrected chi connectivity index (χ3v) is 1.37. The second-order valence-corrected chi connectivity index (χ2v) is 2.45. The highest BCUT2D eigenvalue weighted by Gasteiger charge is 2.38. The Morgan fingerprint density at radius 1 is 1.57 bits per heavy atom. The Kier molecular flexibility index (Phi) is 2.90. The number of nitrogens with zero attached hydrogens (tertiary/aromatic N) is 2. The quantitative estimate of drug-likeness (QED) is 0.749. The molecule has 76 valence electrons. The SMILES string of the molecule is O=C(O)C(F)(F)CNc1cnccn1. The van der Waals surface area contributed by atoms with Gasteiger partial charge in [0.05, 0.1) is 12.7 Å². The normalized spacial score (nSPS) is 11.0. The molecule has 0 atom stereocenters. The summed E-state index contributed by atoms with van der Waals surface area (Å²) in [5.74, 6) is -5.88. The number of anilines is 1. The molecule has 0 radical (unpaired) electrons. The summed E-state index contributed by atoms with van der Waals surface area (Å²) >= 11 is 0. The molecule has 1 aromatic heterocycles. The first kappa shape index (κ1) is 10.3. The van der Waals surface area contributed by atoms with Crippen LogP contribution >= 0.6 is 0 Å². The molecule has 5 nitrogen and oxygen atoms in total. The molecule has 0 aliphatic heterocycles. The first-order valence-corrected chi connectivity index (χ1v) is 3.63. The van der Waals surface area contributed by atoms with Crippen molar-refractivity contribution in [1.29, 1.82) is 0 Å². The van der Waals surface area contributed by atoms with Gasteiger partial charge in [-0.05, 0) is 0 Å². The molecule has 0 saturated carbocycles. The Labute approximate surface area is 77.8 Å². The minimum atomic E-state index is -3.81. The smallest absolute Gasteiger partial charge is 0.376 e. The lowest BCUT2D eigenvalue weighted by atomic mass is 10.3. The third-order valence-electron chi connectivity index (χ3n) is 1.37. The highest BCUT2D eigenvalue weighted by molar-refractivity contribution is 5.76. The van der Waals surface area contributed by atoms with Gasteiger partial charge in [0.25, 0.3) is 0 Å². The van der Waals surface area contributed by atoms with E-state index in [4.69, 9.17) is 5.11 Å². The monoisotopic (exact) mass is 203 g/mol. The van der Waals surface area contributed by atoms with Gasteiger partial charge in [0.15, 0.2) is 0 Å². The van der Waals surface area contributed by atoms with E-state index in [9.17, 15) is 13.6 Å². The van der Waals surface area contributed by atoms with Crippen LogP contribution in [0.25, 0.3) is 0 Å². The molecule has 1 rings (SSSR count). The zero-order valence-corrected chi connectivity index (χ0v) is 6.94. The fraction of sp³-hybridized carbons (Fsp3) is 0.286. The second-order valence-electron chi connectivity index (χ2n) is 2.45.